The third kappa shape index (κ3) is 629. The quantitative estimate of drug-likeness (QED) is 0.273. The SMILES string of the molecule is CO.O=[N+]([O-])O.[Ni]. The fraction of sp³-hybridized carbons (Fsp3) is 1.00. The fourth-order valence-corrected chi connectivity index (χ4v) is 0. The minimum absolute atomic E-state index is 0. The molecule has 0 bridgehead atoms. The molecule has 0 aliphatic heterocycles. The third-order valence-corrected chi connectivity index (χ3v) is 0. The summed E-state index contributed by atoms with van der Waals surface area (Å²) in [7, 11) is 1.00. The maximum absolute atomic E-state index is 8.36. The topological polar surface area (TPSA) is 83.6 Å². The van der Waals surface area contributed by atoms with E-state index in [1.807, 2.05) is 0 Å². The van der Waals surface area contributed by atoms with Gasteiger partial charge in [0, 0.05) is 23.6 Å². The van der Waals surface area contributed by atoms with E-state index in [2.05, 4.69) is 0 Å². The molecule has 0 radical (unpaired) electrons. The predicted molar refractivity (Wildman–Crippen MR) is 16.9 cm³/mol. The van der Waals surface area contributed by atoms with E-state index in [1.54, 1.807) is 0 Å². The van der Waals surface area contributed by atoms with Gasteiger partial charge >= 0.3 is 0 Å². The molecule has 0 fully saturated rings. The molecule has 0 aromatic heterocycles. The van der Waals surface area contributed by atoms with E-state index in [1.165, 1.54) is 0 Å². The van der Waals surface area contributed by atoms with Crippen molar-refractivity contribution in [1.29, 1.82) is 0 Å². The molecule has 0 aliphatic carbocycles. The first-order chi connectivity index (χ1) is 2.73. The molecule has 0 rings (SSSR count). The molecule has 0 spiro atoms. The van der Waals surface area contributed by atoms with Crippen molar-refractivity contribution in [1.82, 2.24) is 0 Å². The number of hydrogen-bond acceptors (Lipinski definition) is 3. The average molecular weight is 154 g/mol. The van der Waals surface area contributed by atoms with Gasteiger partial charge in [-0.15, -0.1) is 10.1 Å². The van der Waals surface area contributed by atoms with Crippen LogP contribution in [0.2, 0.25) is 0 Å². The van der Waals surface area contributed by atoms with Gasteiger partial charge in [0.15, 0.2) is 0 Å². The first kappa shape index (κ1) is 15.9. The van der Waals surface area contributed by atoms with E-state index in [0.717, 1.165) is 7.11 Å². The maximum atomic E-state index is 8.36. The maximum Gasteiger partial charge on any atom is 0.291 e. The second-order valence-electron chi connectivity index (χ2n) is 0.238. The third-order valence-electron chi connectivity index (χ3n) is 0. The Hall–Kier alpha value is -0.346. The number of hydrogen-bond donors (Lipinski definition) is 2. The predicted octanol–water partition coefficient (Wildman–Crippen LogP) is -0.742. The normalized spacial score (nSPS) is 4.29. The van der Waals surface area contributed by atoms with Crippen LogP contribution in [0.15, 0.2) is 0 Å². The number of aliphatic hydroxyl groups is 1. The van der Waals surface area contributed by atoms with E-state index in [9.17, 15) is 0 Å². The van der Waals surface area contributed by atoms with Crippen LogP contribution >= 0.6 is 0 Å². The molecule has 2 N–H and O–H groups in total. The Morgan fingerprint density at radius 2 is 1.57 bits per heavy atom. The van der Waals surface area contributed by atoms with Crippen molar-refractivity contribution < 1.29 is 31.9 Å². The Kier molecular flexibility index (Phi) is 39.6. The summed E-state index contributed by atoms with van der Waals surface area (Å²) >= 11 is 0. The van der Waals surface area contributed by atoms with Gasteiger partial charge in [0.2, 0.25) is 0 Å². The summed E-state index contributed by atoms with van der Waals surface area (Å²) in [6, 6.07) is 0. The summed E-state index contributed by atoms with van der Waals surface area (Å²) in [4.78, 5) is 8.36. The summed E-state index contributed by atoms with van der Waals surface area (Å²) in [5, 5.41) is 20.6. The smallest absolute Gasteiger partial charge is 0.291 e. The molecular weight excluding hydrogens is 149 g/mol. The van der Waals surface area contributed by atoms with Gasteiger partial charge < -0.3 is 10.3 Å². The molecule has 5 nitrogen and oxygen atoms in total. The van der Waals surface area contributed by atoms with Crippen molar-refractivity contribution in [3.8, 4) is 0 Å². The Labute approximate surface area is 50.0 Å². The number of rotatable bonds is 0. The van der Waals surface area contributed by atoms with Crippen LogP contribution < -0.4 is 0 Å². The molecule has 0 amide bonds. The largest absolute Gasteiger partial charge is 0.400 e. The average Bonchev–Trinajstić information content (AvgIpc) is 1.41. The van der Waals surface area contributed by atoms with Crippen LogP contribution in [-0.4, -0.2) is 22.5 Å². The first-order valence-corrected chi connectivity index (χ1v) is 1.01. The summed E-state index contributed by atoms with van der Waals surface area (Å²) in [6.07, 6.45) is 0. The van der Waals surface area contributed by atoms with Crippen LogP contribution in [-0.2, 0) is 16.5 Å². The zero-order chi connectivity index (χ0) is 5.58. The molecule has 0 aromatic rings. The summed E-state index contributed by atoms with van der Waals surface area (Å²) in [5.41, 5.74) is 0. The van der Waals surface area contributed by atoms with Gasteiger partial charge in [-0.1, -0.05) is 0 Å². The van der Waals surface area contributed by atoms with Crippen LogP contribution in [0.3, 0.4) is 0 Å². The second-order valence-corrected chi connectivity index (χ2v) is 0.238. The molecular formula is CH5NNiO4. The number of nitrogens with zero attached hydrogens (tertiary/aromatic N) is 1. The Bertz CT molecular complexity index is 34.7. The van der Waals surface area contributed by atoms with Crippen LogP contribution in [0.1, 0.15) is 0 Å². The van der Waals surface area contributed by atoms with Gasteiger partial charge in [-0.05, 0) is 0 Å². The standard InChI is InChI=1S/CH4O.HNO3.Ni/c1-2;2-1(3)4;/h2H,1H3;(H,2,3,4);. The molecule has 0 heterocycles. The van der Waals surface area contributed by atoms with Gasteiger partial charge in [0.05, 0.1) is 0 Å². The Morgan fingerprint density at radius 3 is 1.57 bits per heavy atom. The molecule has 0 saturated heterocycles. The minimum atomic E-state index is -1.50. The first-order valence-electron chi connectivity index (χ1n) is 1.01. The summed E-state index contributed by atoms with van der Waals surface area (Å²) in [6.45, 7) is 0. The molecule has 0 aromatic carbocycles. The zero-order valence-electron chi connectivity index (χ0n) is 3.47. The molecule has 7 heavy (non-hydrogen) atoms. The summed E-state index contributed by atoms with van der Waals surface area (Å²) < 4.78 is 0. The summed E-state index contributed by atoms with van der Waals surface area (Å²) in [5.74, 6) is 0. The van der Waals surface area contributed by atoms with Gasteiger partial charge in [-0.3, -0.25) is 0 Å². The van der Waals surface area contributed by atoms with E-state index in [-0.39, 0.29) is 16.5 Å². The zero-order valence-corrected chi connectivity index (χ0v) is 4.46. The van der Waals surface area contributed by atoms with Crippen molar-refractivity contribution in [2.24, 2.45) is 0 Å². The van der Waals surface area contributed by atoms with Crippen molar-refractivity contribution in [3.63, 3.8) is 0 Å². The fourth-order valence-electron chi connectivity index (χ4n) is 0. The van der Waals surface area contributed by atoms with Crippen LogP contribution in [0.4, 0.5) is 0 Å². The van der Waals surface area contributed by atoms with Gasteiger partial charge in [0.25, 0.3) is 5.09 Å². The molecule has 0 atom stereocenters. The van der Waals surface area contributed by atoms with Gasteiger partial charge in [-0.25, -0.2) is 0 Å². The van der Waals surface area contributed by atoms with Crippen molar-refractivity contribution in [2.45, 2.75) is 0 Å². The molecule has 48 valence electrons. The molecule has 0 unspecified atom stereocenters. The van der Waals surface area contributed by atoms with Crippen LogP contribution in [0.5, 0.6) is 0 Å². The molecule has 6 heteroatoms. The number of aliphatic hydroxyl groups excluding tert-OH is 1. The Morgan fingerprint density at radius 1 is 1.57 bits per heavy atom. The molecule has 0 saturated carbocycles. The van der Waals surface area contributed by atoms with E-state index in [0.29, 0.717) is 0 Å². The van der Waals surface area contributed by atoms with Crippen molar-refractivity contribution in [2.75, 3.05) is 7.11 Å². The van der Waals surface area contributed by atoms with E-state index < -0.39 is 5.09 Å². The van der Waals surface area contributed by atoms with Crippen LogP contribution in [0, 0.1) is 10.1 Å². The van der Waals surface area contributed by atoms with Crippen molar-refractivity contribution >= 4 is 0 Å². The minimum Gasteiger partial charge on any atom is -0.400 e. The van der Waals surface area contributed by atoms with Gasteiger partial charge in [-0.2, -0.15) is 0 Å². The van der Waals surface area contributed by atoms with E-state index in [4.69, 9.17) is 20.4 Å². The van der Waals surface area contributed by atoms with Gasteiger partial charge in [0.1, 0.15) is 0 Å². The van der Waals surface area contributed by atoms with Crippen molar-refractivity contribution in [3.05, 3.63) is 10.1 Å². The second kappa shape index (κ2) is 17.4. The molecule has 0 aliphatic rings. The monoisotopic (exact) mass is 153 g/mol. The van der Waals surface area contributed by atoms with Crippen LogP contribution in [0.25, 0.3) is 0 Å². The van der Waals surface area contributed by atoms with E-state index >= 15 is 0 Å². The Balaban J connectivity index is -0.0000000480.